The Kier molecular flexibility index (Phi) is 9.02. The van der Waals surface area contributed by atoms with Gasteiger partial charge < -0.3 is 29.6 Å². The number of hydrogen-bond acceptors (Lipinski definition) is 9. The van der Waals surface area contributed by atoms with Crippen molar-refractivity contribution in [2.45, 2.75) is 12.2 Å². The monoisotopic (exact) mass is 575 g/mol. The normalized spacial score (nSPS) is 19.4. The van der Waals surface area contributed by atoms with Gasteiger partial charge in [0.05, 0.1) is 48.3 Å². The van der Waals surface area contributed by atoms with Gasteiger partial charge in [0.2, 0.25) is 0 Å². The summed E-state index contributed by atoms with van der Waals surface area (Å²) < 4.78 is 50.8. The molecule has 212 valence electrons. The summed E-state index contributed by atoms with van der Waals surface area (Å²) in [4.78, 5) is 23.4. The topological polar surface area (TPSA) is 107 Å². The summed E-state index contributed by atoms with van der Waals surface area (Å²) in [5.74, 6) is -1.79. The van der Waals surface area contributed by atoms with Crippen LogP contribution >= 0.6 is 11.6 Å². The van der Waals surface area contributed by atoms with Crippen molar-refractivity contribution in [3.63, 3.8) is 0 Å². The van der Waals surface area contributed by atoms with Crippen LogP contribution in [-0.2, 0) is 19.0 Å². The Labute approximate surface area is 234 Å². The van der Waals surface area contributed by atoms with Crippen molar-refractivity contribution in [3.05, 3.63) is 59.4 Å². The Balaban J connectivity index is 1.36. The van der Waals surface area contributed by atoms with Crippen LogP contribution in [0.2, 0.25) is 5.02 Å². The van der Waals surface area contributed by atoms with E-state index in [0.29, 0.717) is 55.3 Å². The second kappa shape index (κ2) is 12.8. The highest BCUT2D eigenvalue weighted by atomic mass is 35.5. The Morgan fingerprint density at radius 3 is 2.67 bits per heavy atom. The number of likely N-dealkylation sites (tertiary alicyclic amines) is 1. The second-order valence-electron chi connectivity index (χ2n) is 9.23. The largest absolute Gasteiger partial charge is 0.489 e. The molecule has 1 amide bonds. The summed E-state index contributed by atoms with van der Waals surface area (Å²) in [7, 11) is 1.53. The van der Waals surface area contributed by atoms with E-state index < -0.39 is 17.6 Å². The molecule has 2 aliphatic rings. The number of nitrogens with one attached hydrogen (secondary N) is 2. The molecule has 2 fully saturated rings. The average Bonchev–Trinajstić information content (AvgIpc) is 3.37. The molecule has 2 aromatic carbocycles. The quantitative estimate of drug-likeness (QED) is 0.273. The highest BCUT2D eigenvalue weighted by molar-refractivity contribution is 6.31. The first-order chi connectivity index (χ1) is 19.4. The Bertz CT molecular complexity index is 1400. The van der Waals surface area contributed by atoms with Gasteiger partial charge in [-0.05, 0) is 30.3 Å². The van der Waals surface area contributed by atoms with E-state index in [9.17, 15) is 13.6 Å². The van der Waals surface area contributed by atoms with Crippen LogP contribution < -0.4 is 15.4 Å². The number of fused-ring (bicyclic) bond motifs is 2. The molecule has 0 bridgehead atoms. The SMILES string of the molecule is COCCOc1cc2ncnc(Nc3ccc(F)c(Cl)c3)c2cc1NC(=O)/C(F)=C\CN1CC2OCCOC2C1. The molecule has 2 saturated heterocycles. The molecule has 0 radical (unpaired) electrons. The van der Waals surface area contributed by atoms with Gasteiger partial charge in [0, 0.05) is 43.9 Å². The summed E-state index contributed by atoms with van der Waals surface area (Å²) >= 11 is 5.91. The van der Waals surface area contributed by atoms with Gasteiger partial charge >= 0.3 is 0 Å². The van der Waals surface area contributed by atoms with Gasteiger partial charge in [-0.25, -0.2) is 18.7 Å². The first-order valence-electron chi connectivity index (χ1n) is 12.7. The summed E-state index contributed by atoms with van der Waals surface area (Å²) in [5, 5.41) is 6.11. The molecule has 3 heterocycles. The van der Waals surface area contributed by atoms with Crippen LogP contribution in [0, 0.1) is 5.82 Å². The van der Waals surface area contributed by atoms with Crippen molar-refractivity contribution in [1.82, 2.24) is 14.9 Å². The molecule has 2 aliphatic heterocycles. The number of carbonyl (C=O) groups excluding carboxylic acids is 1. The van der Waals surface area contributed by atoms with E-state index in [2.05, 4.69) is 20.6 Å². The fourth-order valence-electron chi connectivity index (χ4n) is 4.52. The third-order valence-corrected chi connectivity index (χ3v) is 6.79. The second-order valence-corrected chi connectivity index (χ2v) is 9.63. The number of aromatic nitrogens is 2. The molecule has 0 saturated carbocycles. The molecule has 2 atom stereocenters. The molecular weight excluding hydrogens is 548 g/mol. The maximum Gasteiger partial charge on any atom is 0.284 e. The highest BCUT2D eigenvalue weighted by Crippen LogP contribution is 2.34. The van der Waals surface area contributed by atoms with Crippen molar-refractivity contribution in [3.8, 4) is 5.75 Å². The van der Waals surface area contributed by atoms with Crippen molar-refractivity contribution < 1.29 is 32.5 Å². The number of hydrogen-bond donors (Lipinski definition) is 2. The van der Waals surface area contributed by atoms with Gasteiger partial charge in [0.25, 0.3) is 5.91 Å². The lowest BCUT2D eigenvalue weighted by Crippen LogP contribution is -2.36. The van der Waals surface area contributed by atoms with E-state index in [0.717, 1.165) is 0 Å². The lowest BCUT2D eigenvalue weighted by molar-refractivity contribution is -0.116. The van der Waals surface area contributed by atoms with E-state index in [4.69, 9.17) is 30.5 Å². The molecule has 3 aromatic rings. The number of benzene rings is 2. The number of ether oxygens (including phenoxy) is 4. The van der Waals surface area contributed by atoms with Crippen molar-refractivity contribution in [2.75, 3.05) is 63.8 Å². The summed E-state index contributed by atoms with van der Waals surface area (Å²) in [6.45, 7) is 3.02. The lowest BCUT2D eigenvalue weighted by Gasteiger charge is -2.24. The maximum absolute atomic E-state index is 14.9. The van der Waals surface area contributed by atoms with E-state index in [1.807, 2.05) is 4.90 Å². The summed E-state index contributed by atoms with van der Waals surface area (Å²) in [6.07, 6.45) is 2.49. The number of nitrogens with zero attached hydrogens (tertiary/aromatic N) is 3. The number of carbonyl (C=O) groups is 1. The van der Waals surface area contributed by atoms with Crippen LogP contribution in [0.4, 0.5) is 26.0 Å². The minimum absolute atomic E-state index is 0.0422. The third kappa shape index (κ3) is 6.65. The molecule has 5 rings (SSSR count). The predicted molar refractivity (Wildman–Crippen MR) is 145 cm³/mol. The Morgan fingerprint density at radius 2 is 1.95 bits per heavy atom. The maximum atomic E-state index is 14.9. The first-order valence-corrected chi connectivity index (χ1v) is 13.0. The minimum Gasteiger partial charge on any atom is -0.489 e. The van der Waals surface area contributed by atoms with Crippen LogP contribution in [0.3, 0.4) is 0 Å². The third-order valence-electron chi connectivity index (χ3n) is 6.50. The van der Waals surface area contributed by atoms with Crippen molar-refractivity contribution in [2.24, 2.45) is 0 Å². The lowest BCUT2D eigenvalue weighted by atomic mass is 10.1. The zero-order chi connectivity index (χ0) is 28.1. The highest BCUT2D eigenvalue weighted by Gasteiger charge is 2.36. The van der Waals surface area contributed by atoms with E-state index in [1.165, 1.54) is 37.7 Å². The number of rotatable bonds is 10. The van der Waals surface area contributed by atoms with Crippen LogP contribution in [0.1, 0.15) is 0 Å². The van der Waals surface area contributed by atoms with Crippen LogP contribution in [-0.4, -0.2) is 86.2 Å². The fraction of sp³-hybridized carbons (Fsp3) is 0.370. The number of anilines is 3. The molecule has 1 aromatic heterocycles. The van der Waals surface area contributed by atoms with Crippen LogP contribution in [0.25, 0.3) is 10.9 Å². The molecular formula is C27H28ClF2N5O5. The molecule has 40 heavy (non-hydrogen) atoms. The fourth-order valence-corrected chi connectivity index (χ4v) is 4.70. The van der Waals surface area contributed by atoms with Gasteiger partial charge in [-0.3, -0.25) is 9.69 Å². The van der Waals surface area contributed by atoms with E-state index in [1.54, 1.807) is 12.1 Å². The van der Waals surface area contributed by atoms with Gasteiger partial charge in [0.1, 0.15) is 30.3 Å². The van der Waals surface area contributed by atoms with Crippen LogP contribution in [0.15, 0.2) is 48.6 Å². The van der Waals surface area contributed by atoms with E-state index in [-0.39, 0.29) is 41.8 Å². The molecule has 10 nitrogen and oxygen atoms in total. The molecule has 0 aliphatic carbocycles. The number of methoxy groups -OCH3 is 1. The van der Waals surface area contributed by atoms with Gasteiger partial charge in [-0.2, -0.15) is 0 Å². The molecule has 13 heteroatoms. The number of amides is 1. The summed E-state index contributed by atoms with van der Waals surface area (Å²) in [6, 6.07) is 7.35. The van der Waals surface area contributed by atoms with Gasteiger partial charge in [-0.15, -0.1) is 0 Å². The number of halogens is 3. The molecule has 0 spiro atoms. The van der Waals surface area contributed by atoms with Gasteiger partial charge in [-0.1, -0.05) is 11.6 Å². The van der Waals surface area contributed by atoms with Gasteiger partial charge in [0.15, 0.2) is 5.83 Å². The molecule has 2 unspecified atom stereocenters. The molecule has 2 N–H and O–H groups in total. The van der Waals surface area contributed by atoms with Crippen molar-refractivity contribution >= 4 is 45.6 Å². The van der Waals surface area contributed by atoms with Crippen molar-refractivity contribution in [1.29, 1.82) is 0 Å². The Hall–Kier alpha value is -3.42. The Morgan fingerprint density at radius 1 is 1.18 bits per heavy atom. The zero-order valence-corrected chi connectivity index (χ0v) is 22.4. The first kappa shape index (κ1) is 28.1. The standard InChI is InChI=1S/C27H28ClF2N5O5/c1-37-6-7-38-23-12-21-17(26(32-15-31-21)33-16-2-3-19(29)18(28)10-16)11-22(23)34-27(36)20(30)4-5-35-13-24-25(14-35)40-9-8-39-24/h2-4,10-12,15,24-25H,5-9,13-14H2,1H3,(H,34,36)(H,31,32,33)/b20-4+. The van der Waals surface area contributed by atoms with Crippen LogP contribution in [0.5, 0.6) is 5.75 Å². The van der Waals surface area contributed by atoms with E-state index >= 15 is 0 Å². The smallest absolute Gasteiger partial charge is 0.284 e. The summed E-state index contributed by atoms with van der Waals surface area (Å²) in [5.41, 5.74) is 1.19. The average molecular weight is 576 g/mol. The predicted octanol–water partition coefficient (Wildman–Crippen LogP) is 4.08. The zero-order valence-electron chi connectivity index (χ0n) is 21.7. The minimum atomic E-state index is -0.941.